The Labute approximate surface area is 353 Å². The average molecular weight is 771 g/mol. The molecule has 0 bridgehead atoms. The maximum Gasteiger partial charge on any atom is 0.160 e. The van der Waals surface area contributed by atoms with Crippen LogP contribution in [0.4, 0.5) is 0 Å². The summed E-state index contributed by atoms with van der Waals surface area (Å²) in [5.41, 5.74) is 23.8. The molecule has 1 heterocycles. The first-order valence-electron chi connectivity index (χ1n) is 21.3. The number of aromatic nitrogens is 2. The molecule has 0 saturated heterocycles. The molecule has 11 rings (SSSR count). The fraction of sp³-hybridized carbons (Fsp3) is 0.138. The van der Waals surface area contributed by atoms with E-state index < -0.39 is 0 Å². The molecule has 288 valence electrons. The molecule has 0 unspecified atom stereocenters. The van der Waals surface area contributed by atoms with Gasteiger partial charge in [-0.15, -0.1) is 0 Å². The van der Waals surface area contributed by atoms with E-state index in [1.807, 2.05) is 6.07 Å². The second kappa shape index (κ2) is 13.9. The highest BCUT2D eigenvalue weighted by Crippen LogP contribution is 2.56. The highest BCUT2D eigenvalue weighted by Gasteiger charge is 2.41. The van der Waals surface area contributed by atoms with Crippen LogP contribution in [0.15, 0.2) is 182 Å². The average Bonchev–Trinajstić information content (AvgIpc) is 3.67. The maximum absolute atomic E-state index is 5.16. The van der Waals surface area contributed by atoms with E-state index in [-0.39, 0.29) is 10.8 Å². The minimum Gasteiger partial charge on any atom is -0.228 e. The highest BCUT2D eigenvalue weighted by molar-refractivity contribution is 5.91. The first-order valence-corrected chi connectivity index (χ1v) is 21.3. The van der Waals surface area contributed by atoms with E-state index in [1.54, 1.807) is 0 Å². The van der Waals surface area contributed by atoms with Gasteiger partial charge in [0.15, 0.2) is 5.82 Å². The van der Waals surface area contributed by atoms with E-state index >= 15 is 0 Å². The SMILES string of the molecule is CC1(C)c2ccccc2-c2cc3c(cc21)-c1ccc(-c2ccc(-c4cccc(-c5cc(C6=CC=C(c7ccccc7)CC6)nc(-c6ccccc6)n5)c4)cc2)cc1C3(C)C. The van der Waals surface area contributed by atoms with Gasteiger partial charge in [0.2, 0.25) is 0 Å². The minimum atomic E-state index is -0.103. The second-order valence-electron chi connectivity index (χ2n) is 17.7. The predicted molar refractivity (Wildman–Crippen MR) is 251 cm³/mol. The summed E-state index contributed by atoms with van der Waals surface area (Å²) >= 11 is 0. The normalized spacial score (nSPS) is 15.3. The van der Waals surface area contributed by atoms with Crippen LogP contribution in [0.1, 0.15) is 74.0 Å². The Hall–Kier alpha value is -6.90. The molecule has 60 heavy (non-hydrogen) atoms. The number of rotatable bonds is 6. The molecule has 0 atom stereocenters. The summed E-state index contributed by atoms with van der Waals surface area (Å²) in [6.07, 6.45) is 6.42. The van der Waals surface area contributed by atoms with Crippen molar-refractivity contribution in [2.24, 2.45) is 0 Å². The van der Waals surface area contributed by atoms with E-state index in [1.165, 1.54) is 77.9 Å². The van der Waals surface area contributed by atoms with Crippen LogP contribution in [0.5, 0.6) is 0 Å². The van der Waals surface area contributed by atoms with Crippen LogP contribution in [0.25, 0.3) is 78.3 Å². The molecular formula is C58H46N2. The first kappa shape index (κ1) is 36.2. The molecule has 1 aromatic heterocycles. The lowest BCUT2D eigenvalue weighted by atomic mass is 9.79. The topological polar surface area (TPSA) is 25.8 Å². The van der Waals surface area contributed by atoms with Crippen molar-refractivity contribution in [2.75, 3.05) is 0 Å². The molecule has 3 aliphatic rings. The molecule has 2 nitrogen and oxygen atoms in total. The molecule has 0 spiro atoms. The van der Waals surface area contributed by atoms with Gasteiger partial charge in [0, 0.05) is 22.0 Å². The number of nitrogens with zero attached hydrogens (tertiary/aromatic N) is 2. The summed E-state index contributed by atoms with van der Waals surface area (Å²) in [6.45, 7) is 9.53. The number of benzene rings is 7. The van der Waals surface area contributed by atoms with Crippen LogP contribution in [0.3, 0.4) is 0 Å². The van der Waals surface area contributed by atoms with Crippen molar-refractivity contribution in [2.45, 2.75) is 51.4 Å². The Balaban J connectivity index is 0.903. The third kappa shape index (κ3) is 5.93. The summed E-state index contributed by atoms with van der Waals surface area (Å²) < 4.78 is 0. The van der Waals surface area contributed by atoms with Crippen LogP contribution >= 0.6 is 0 Å². The van der Waals surface area contributed by atoms with Crippen molar-refractivity contribution in [1.29, 1.82) is 0 Å². The molecular weight excluding hydrogens is 725 g/mol. The lowest BCUT2D eigenvalue weighted by Gasteiger charge is -2.24. The van der Waals surface area contributed by atoms with E-state index in [2.05, 4.69) is 204 Å². The van der Waals surface area contributed by atoms with Crippen molar-refractivity contribution in [3.05, 3.63) is 216 Å². The Bertz CT molecular complexity index is 3050. The highest BCUT2D eigenvalue weighted by atomic mass is 14.9. The van der Waals surface area contributed by atoms with Gasteiger partial charge >= 0.3 is 0 Å². The van der Waals surface area contributed by atoms with Gasteiger partial charge in [-0.1, -0.05) is 179 Å². The van der Waals surface area contributed by atoms with E-state index in [4.69, 9.17) is 9.97 Å². The molecule has 0 radical (unpaired) electrons. The van der Waals surface area contributed by atoms with Gasteiger partial charge in [-0.25, -0.2) is 9.97 Å². The summed E-state index contributed by atoms with van der Waals surface area (Å²) in [6, 6.07) is 62.1. The summed E-state index contributed by atoms with van der Waals surface area (Å²) in [4.78, 5) is 10.3. The Kier molecular flexibility index (Phi) is 8.36. The lowest BCUT2D eigenvalue weighted by Crippen LogP contribution is -2.17. The summed E-state index contributed by atoms with van der Waals surface area (Å²) in [5.74, 6) is 0.746. The van der Waals surface area contributed by atoms with Crippen LogP contribution in [0.2, 0.25) is 0 Å². The molecule has 0 aliphatic heterocycles. The quantitative estimate of drug-likeness (QED) is 0.168. The molecule has 0 saturated carbocycles. The molecule has 0 amide bonds. The number of hydrogen-bond donors (Lipinski definition) is 0. The van der Waals surface area contributed by atoms with E-state index in [9.17, 15) is 0 Å². The Morgan fingerprint density at radius 2 is 0.833 bits per heavy atom. The summed E-state index contributed by atoms with van der Waals surface area (Å²) in [5, 5.41) is 0. The zero-order chi connectivity index (χ0) is 40.6. The van der Waals surface area contributed by atoms with Crippen molar-refractivity contribution in [3.63, 3.8) is 0 Å². The first-order chi connectivity index (χ1) is 29.2. The number of hydrogen-bond acceptors (Lipinski definition) is 2. The van der Waals surface area contributed by atoms with Crippen molar-refractivity contribution in [1.82, 2.24) is 9.97 Å². The van der Waals surface area contributed by atoms with Crippen molar-refractivity contribution >= 4 is 11.1 Å². The van der Waals surface area contributed by atoms with Gasteiger partial charge in [0.1, 0.15) is 0 Å². The Morgan fingerprint density at radius 1 is 0.333 bits per heavy atom. The van der Waals surface area contributed by atoms with Gasteiger partial charge in [-0.05, 0) is 127 Å². The van der Waals surface area contributed by atoms with Gasteiger partial charge < -0.3 is 0 Å². The van der Waals surface area contributed by atoms with Crippen LogP contribution < -0.4 is 0 Å². The second-order valence-corrected chi connectivity index (χ2v) is 17.7. The van der Waals surface area contributed by atoms with Gasteiger partial charge in [0.05, 0.1) is 11.4 Å². The fourth-order valence-electron chi connectivity index (χ4n) is 10.0. The number of fused-ring (bicyclic) bond motifs is 6. The van der Waals surface area contributed by atoms with Crippen LogP contribution in [0, 0.1) is 0 Å². The smallest absolute Gasteiger partial charge is 0.160 e. The third-order valence-electron chi connectivity index (χ3n) is 13.5. The van der Waals surface area contributed by atoms with E-state index in [0.29, 0.717) is 0 Å². The van der Waals surface area contributed by atoms with Gasteiger partial charge in [0.25, 0.3) is 0 Å². The Morgan fingerprint density at radius 3 is 1.52 bits per heavy atom. The molecule has 8 aromatic rings. The number of allylic oxidation sites excluding steroid dienone is 4. The molecule has 7 aromatic carbocycles. The molecule has 3 aliphatic carbocycles. The van der Waals surface area contributed by atoms with Crippen molar-refractivity contribution < 1.29 is 0 Å². The molecule has 2 heteroatoms. The van der Waals surface area contributed by atoms with Crippen LogP contribution in [-0.2, 0) is 10.8 Å². The summed E-state index contributed by atoms with van der Waals surface area (Å²) in [7, 11) is 0. The zero-order valence-corrected chi connectivity index (χ0v) is 34.6. The van der Waals surface area contributed by atoms with Gasteiger partial charge in [-0.2, -0.15) is 0 Å². The standard InChI is InChI=1S/C58H46N2/c1-57(2)50-21-12-11-20-46(50)48-34-53-49(35-52(48)57)47-31-30-44(33-51(47)58(53,3)4)40-24-22-39(23-25-40)43-18-13-19-45(32-43)55-36-54(59-56(60-55)42-16-9-6-10-17-42)41-28-26-38(27-29-41)37-14-7-5-8-15-37/h5-26,28,30-36H,27,29H2,1-4H3. The molecule has 0 fully saturated rings. The third-order valence-corrected chi connectivity index (χ3v) is 13.5. The van der Waals surface area contributed by atoms with Gasteiger partial charge in [-0.3, -0.25) is 0 Å². The predicted octanol–water partition coefficient (Wildman–Crippen LogP) is 15.0. The van der Waals surface area contributed by atoms with Crippen molar-refractivity contribution in [3.8, 4) is 67.2 Å². The maximum atomic E-state index is 5.16. The lowest BCUT2D eigenvalue weighted by molar-refractivity contribution is 0.652. The van der Waals surface area contributed by atoms with E-state index in [0.717, 1.165) is 46.7 Å². The van der Waals surface area contributed by atoms with Crippen LogP contribution in [-0.4, -0.2) is 9.97 Å². The zero-order valence-electron chi connectivity index (χ0n) is 34.6. The fourth-order valence-corrected chi connectivity index (χ4v) is 10.0. The monoisotopic (exact) mass is 770 g/mol. The largest absolute Gasteiger partial charge is 0.228 e. The molecule has 0 N–H and O–H groups in total. The minimum absolute atomic E-state index is 0.0176.